The Labute approximate surface area is 154 Å². The second-order valence-corrected chi connectivity index (χ2v) is 8.32. The average Bonchev–Trinajstić information content (AvgIpc) is 2.69. The highest BCUT2D eigenvalue weighted by Gasteiger charge is 2.23. The molecule has 1 aliphatic rings. The van der Waals surface area contributed by atoms with E-state index in [1.54, 1.807) is 36.4 Å². The number of piperidine rings is 1. The van der Waals surface area contributed by atoms with Gasteiger partial charge in [-0.1, -0.05) is 24.3 Å². The Morgan fingerprint density at radius 3 is 2.62 bits per heavy atom. The quantitative estimate of drug-likeness (QED) is 0.840. The van der Waals surface area contributed by atoms with Crippen LogP contribution in [0.5, 0.6) is 0 Å². The molecule has 6 nitrogen and oxygen atoms in total. The molecule has 26 heavy (non-hydrogen) atoms. The van der Waals surface area contributed by atoms with Gasteiger partial charge in [0.25, 0.3) is 15.9 Å². The number of para-hydroxylation sites is 1. The molecule has 138 valence electrons. The van der Waals surface area contributed by atoms with Gasteiger partial charge in [-0.25, -0.2) is 8.42 Å². The van der Waals surface area contributed by atoms with Gasteiger partial charge >= 0.3 is 0 Å². The van der Waals surface area contributed by atoms with Crippen molar-refractivity contribution in [3.63, 3.8) is 0 Å². The summed E-state index contributed by atoms with van der Waals surface area (Å²) in [6.07, 6.45) is 1.94. The number of nitrogens with one attached hydrogen (secondary N) is 2. The molecule has 1 fully saturated rings. The fraction of sp³-hybridized carbons (Fsp3) is 0.316. The maximum absolute atomic E-state index is 12.9. The first-order valence-electron chi connectivity index (χ1n) is 8.64. The van der Waals surface area contributed by atoms with Gasteiger partial charge in [-0.15, -0.1) is 0 Å². The maximum Gasteiger partial charge on any atom is 0.264 e. The van der Waals surface area contributed by atoms with Gasteiger partial charge < -0.3 is 10.6 Å². The predicted molar refractivity (Wildman–Crippen MR) is 102 cm³/mol. The number of carbonyl (C=O) groups excluding carboxylic acids is 1. The fourth-order valence-electron chi connectivity index (χ4n) is 2.98. The Morgan fingerprint density at radius 1 is 1.15 bits per heavy atom. The Morgan fingerprint density at radius 2 is 1.92 bits per heavy atom. The zero-order chi connectivity index (χ0) is 18.6. The highest BCUT2D eigenvalue weighted by Crippen LogP contribution is 2.22. The molecule has 0 unspecified atom stereocenters. The highest BCUT2D eigenvalue weighted by molar-refractivity contribution is 7.92. The van der Waals surface area contributed by atoms with E-state index in [2.05, 4.69) is 10.6 Å². The van der Waals surface area contributed by atoms with Crippen molar-refractivity contribution in [3.05, 3.63) is 60.2 Å². The van der Waals surface area contributed by atoms with Crippen LogP contribution in [-0.4, -0.2) is 40.5 Å². The summed E-state index contributed by atoms with van der Waals surface area (Å²) in [6.45, 7) is 1.70. The van der Waals surface area contributed by atoms with Gasteiger partial charge in [-0.2, -0.15) is 0 Å². The van der Waals surface area contributed by atoms with E-state index in [9.17, 15) is 13.2 Å². The average molecular weight is 373 g/mol. The van der Waals surface area contributed by atoms with Crippen LogP contribution in [0.15, 0.2) is 59.5 Å². The first-order valence-corrected chi connectivity index (χ1v) is 10.1. The summed E-state index contributed by atoms with van der Waals surface area (Å²) in [7, 11) is -2.24. The maximum atomic E-state index is 12.9. The molecular weight excluding hydrogens is 350 g/mol. The number of carbonyl (C=O) groups is 1. The van der Waals surface area contributed by atoms with Crippen LogP contribution in [0.1, 0.15) is 23.2 Å². The summed E-state index contributed by atoms with van der Waals surface area (Å²) in [5.41, 5.74) is 0.911. The van der Waals surface area contributed by atoms with Crippen molar-refractivity contribution in [1.82, 2.24) is 10.6 Å². The lowest BCUT2D eigenvalue weighted by atomic mass is 10.1. The van der Waals surface area contributed by atoms with Gasteiger partial charge in [-0.3, -0.25) is 9.10 Å². The van der Waals surface area contributed by atoms with E-state index in [0.717, 1.165) is 25.9 Å². The Bertz CT molecular complexity index is 863. The SMILES string of the molecule is CN(c1ccccc1)S(=O)(=O)c1cccc(C(=O)N[C@H]2CCCNC2)c1. The van der Waals surface area contributed by atoms with E-state index in [4.69, 9.17) is 0 Å². The third-order valence-corrected chi connectivity index (χ3v) is 6.29. The molecule has 2 aromatic carbocycles. The fourth-order valence-corrected chi connectivity index (χ4v) is 4.22. The van der Waals surface area contributed by atoms with Crippen LogP contribution < -0.4 is 14.9 Å². The number of nitrogens with zero attached hydrogens (tertiary/aromatic N) is 1. The van der Waals surface area contributed by atoms with Crippen LogP contribution in [0.4, 0.5) is 5.69 Å². The minimum atomic E-state index is -3.74. The molecule has 1 heterocycles. The summed E-state index contributed by atoms with van der Waals surface area (Å²) < 4.78 is 27.0. The largest absolute Gasteiger partial charge is 0.348 e. The number of anilines is 1. The molecule has 1 aliphatic heterocycles. The van der Waals surface area contributed by atoms with Crippen molar-refractivity contribution < 1.29 is 13.2 Å². The highest BCUT2D eigenvalue weighted by atomic mass is 32.2. The molecule has 3 rings (SSSR count). The molecule has 1 atom stereocenters. The predicted octanol–water partition coefficient (Wildman–Crippen LogP) is 1.99. The number of hydrogen-bond acceptors (Lipinski definition) is 4. The molecular formula is C19H23N3O3S. The molecule has 2 N–H and O–H groups in total. The van der Waals surface area contributed by atoms with Crippen LogP contribution in [-0.2, 0) is 10.0 Å². The van der Waals surface area contributed by atoms with E-state index in [1.807, 2.05) is 6.07 Å². The normalized spacial score (nSPS) is 17.5. The van der Waals surface area contributed by atoms with Crippen molar-refractivity contribution in [3.8, 4) is 0 Å². The summed E-state index contributed by atoms with van der Waals surface area (Å²) in [5, 5.41) is 6.21. The number of sulfonamides is 1. The molecule has 0 saturated carbocycles. The lowest BCUT2D eigenvalue weighted by molar-refractivity contribution is 0.0930. The smallest absolute Gasteiger partial charge is 0.264 e. The van der Waals surface area contributed by atoms with Crippen LogP contribution >= 0.6 is 0 Å². The van der Waals surface area contributed by atoms with Crippen LogP contribution in [0.2, 0.25) is 0 Å². The Kier molecular flexibility index (Phi) is 5.58. The molecule has 1 amide bonds. The molecule has 0 aromatic heterocycles. The minimum absolute atomic E-state index is 0.0727. The van der Waals surface area contributed by atoms with Gasteiger partial charge in [0.1, 0.15) is 0 Å². The van der Waals surface area contributed by atoms with Crippen molar-refractivity contribution >= 4 is 21.6 Å². The molecule has 0 bridgehead atoms. The molecule has 2 aromatic rings. The second-order valence-electron chi connectivity index (χ2n) is 6.35. The van der Waals surface area contributed by atoms with E-state index in [1.165, 1.54) is 23.5 Å². The molecule has 7 heteroatoms. The first kappa shape index (κ1) is 18.4. The van der Waals surface area contributed by atoms with Crippen molar-refractivity contribution in [1.29, 1.82) is 0 Å². The Hall–Kier alpha value is -2.38. The standard InChI is InChI=1S/C19H23N3O3S/c1-22(17-9-3-2-4-10-17)26(24,25)18-11-5-7-15(13-18)19(23)21-16-8-6-12-20-14-16/h2-5,7,9-11,13,16,20H,6,8,12,14H2,1H3,(H,21,23)/t16-/m0/s1. The zero-order valence-electron chi connectivity index (χ0n) is 14.7. The lowest BCUT2D eigenvalue weighted by Crippen LogP contribution is -2.45. The van der Waals surface area contributed by atoms with Gasteiger partial charge in [0.15, 0.2) is 0 Å². The van der Waals surface area contributed by atoms with Crippen molar-refractivity contribution in [2.45, 2.75) is 23.8 Å². The lowest BCUT2D eigenvalue weighted by Gasteiger charge is -2.24. The summed E-state index contributed by atoms with van der Waals surface area (Å²) in [4.78, 5) is 12.6. The van der Waals surface area contributed by atoms with Gasteiger partial charge in [0.2, 0.25) is 0 Å². The number of amides is 1. The summed E-state index contributed by atoms with van der Waals surface area (Å²) in [5.74, 6) is -0.252. The Balaban J connectivity index is 1.80. The van der Waals surface area contributed by atoms with Gasteiger partial charge in [-0.05, 0) is 49.7 Å². The van der Waals surface area contributed by atoms with E-state index in [-0.39, 0.29) is 16.8 Å². The van der Waals surface area contributed by atoms with Crippen LogP contribution in [0.3, 0.4) is 0 Å². The minimum Gasteiger partial charge on any atom is -0.348 e. The number of hydrogen-bond donors (Lipinski definition) is 2. The van der Waals surface area contributed by atoms with Crippen LogP contribution in [0, 0.1) is 0 Å². The van der Waals surface area contributed by atoms with E-state index >= 15 is 0 Å². The monoisotopic (exact) mass is 373 g/mol. The number of rotatable bonds is 5. The summed E-state index contributed by atoms with van der Waals surface area (Å²) >= 11 is 0. The van der Waals surface area contributed by atoms with E-state index in [0.29, 0.717) is 11.3 Å². The molecule has 0 radical (unpaired) electrons. The van der Waals surface area contributed by atoms with Gasteiger partial charge in [0, 0.05) is 25.2 Å². The third-order valence-electron chi connectivity index (χ3n) is 4.51. The van der Waals surface area contributed by atoms with Crippen molar-refractivity contribution in [2.75, 3.05) is 24.4 Å². The number of benzene rings is 2. The van der Waals surface area contributed by atoms with Crippen LogP contribution in [0.25, 0.3) is 0 Å². The summed E-state index contributed by atoms with van der Waals surface area (Å²) in [6, 6.07) is 15.1. The molecule has 0 aliphatic carbocycles. The second kappa shape index (κ2) is 7.88. The third kappa shape index (κ3) is 4.05. The van der Waals surface area contributed by atoms with Gasteiger partial charge in [0.05, 0.1) is 10.6 Å². The zero-order valence-corrected chi connectivity index (χ0v) is 15.5. The molecule has 0 spiro atoms. The molecule has 1 saturated heterocycles. The van der Waals surface area contributed by atoms with E-state index < -0.39 is 10.0 Å². The topological polar surface area (TPSA) is 78.5 Å². The first-order chi connectivity index (χ1) is 12.5. The van der Waals surface area contributed by atoms with Crippen molar-refractivity contribution in [2.24, 2.45) is 0 Å².